The fraction of sp³-hybridized carbons (Fsp3) is 0.400. The molecule has 0 aromatic carbocycles. The molecule has 8 heavy (non-hydrogen) atoms. The highest BCUT2D eigenvalue weighted by Crippen LogP contribution is 1.96. The van der Waals surface area contributed by atoms with E-state index in [-0.39, 0.29) is 0 Å². The molecular weight excluding hydrogens is 236 g/mol. The van der Waals surface area contributed by atoms with Crippen molar-refractivity contribution < 1.29 is 4.79 Å². The highest BCUT2D eigenvalue weighted by Gasteiger charge is 1.86. The lowest BCUT2D eigenvalue weighted by Gasteiger charge is -1.85. The molecule has 0 saturated heterocycles. The zero-order chi connectivity index (χ0) is 6.41. The molecule has 0 spiro atoms. The van der Waals surface area contributed by atoms with Crippen LogP contribution in [0.15, 0.2) is 11.6 Å². The first-order valence-electron chi connectivity index (χ1n) is 2.11. The summed E-state index contributed by atoms with van der Waals surface area (Å²) >= 11 is 6.33. The lowest BCUT2D eigenvalue weighted by molar-refractivity contribution is -0.104. The van der Waals surface area contributed by atoms with Gasteiger partial charge < -0.3 is 0 Å². The Labute approximate surface area is 65.4 Å². The minimum atomic E-state index is 0.641. The number of rotatable bonds is 3. The summed E-state index contributed by atoms with van der Waals surface area (Å²) in [5.41, 5.74) is 0.780. The van der Waals surface area contributed by atoms with Crippen LogP contribution in [0, 0.1) is 0 Å². The number of carbonyl (C=O) groups excluding carboxylic acids is 1. The van der Waals surface area contributed by atoms with Gasteiger partial charge in [0.25, 0.3) is 0 Å². The van der Waals surface area contributed by atoms with Crippen molar-refractivity contribution in [1.29, 1.82) is 0 Å². The predicted molar refractivity (Wildman–Crippen MR) is 41.7 cm³/mol. The van der Waals surface area contributed by atoms with Crippen molar-refractivity contribution in [3.63, 3.8) is 0 Å². The molecule has 0 bridgehead atoms. The molecule has 0 radical (unpaired) electrons. The molecule has 0 aromatic heterocycles. The molecule has 3 heteroatoms. The summed E-state index contributed by atoms with van der Waals surface area (Å²) in [5.74, 6) is 0. The molecule has 0 amide bonds. The summed E-state index contributed by atoms with van der Waals surface area (Å²) in [6, 6.07) is 0. The lowest BCUT2D eigenvalue weighted by Crippen LogP contribution is -1.84. The van der Waals surface area contributed by atoms with Gasteiger partial charge in [-0.3, -0.25) is 4.79 Å². The molecule has 0 aliphatic carbocycles. The average Bonchev–Trinajstić information content (AvgIpc) is 1.83. The minimum Gasteiger partial charge on any atom is -0.298 e. The Morgan fingerprint density at radius 1 is 1.50 bits per heavy atom. The van der Waals surface area contributed by atoms with Crippen LogP contribution in [0.3, 0.4) is 0 Å². The fourth-order valence-electron chi connectivity index (χ4n) is 0.233. The van der Waals surface area contributed by atoms with E-state index in [1.54, 1.807) is 0 Å². The monoisotopic (exact) mass is 240 g/mol. The second kappa shape index (κ2) is 5.51. The SMILES string of the molecule is O=CC(=CCBr)CBr. The third-order valence-electron chi connectivity index (χ3n) is 0.645. The molecule has 46 valence electrons. The molecule has 0 rings (SSSR count). The number of halogens is 2. The maximum Gasteiger partial charge on any atom is 0.146 e. The van der Waals surface area contributed by atoms with Crippen LogP contribution in [-0.2, 0) is 4.79 Å². The van der Waals surface area contributed by atoms with Crippen molar-refractivity contribution >= 4 is 38.1 Å². The van der Waals surface area contributed by atoms with E-state index in [9.17, 15) is 4.79 Å². The van der Waals surface area contributed by atoms with E-state index in [0.29, 0.717) is 5.33 Å². The standard InChI is InChI=1S/C5H6Br2O/c6-2-1-5(3-7)4-8/h1,4H,2-3H2. The number of hydrogen-bond acceptors (Lipinski definition) is 1. The molecule has 1 nitrogen and oxygen atoms in total. The van der Waals surface area contributed by atoms with Crippen molar-refractivity contribution in [2.45, 2.75) is 0 Å². The van der Waals surface area contributed by atoms with Crippen molar-refractivity contribution in [1.82, 2.24) is 0 Å². The summed E-state index contributed by atoms with van der Waals surface area (Å²) in [4.78, 5) is 10.0. The van der Waals surface area contributed by atoms with Gasteiger partial charge in [-0.05, 0) is 5.57 Å². The van der Waals surface area contributed by atoms with Gasteiger partial charge in [-0.1, -0.05) is 37.9 Å². The molecule has 0 unspecified atom stereocenters. The van der Waals surface area contributed by atoms with Crippen molar-refractivity contribution in [3.8, 4) is 0 Å². The van der Waals surface area contributed by atoms with Crippen LogP contribution in [0.25, 0.3) is 0 Å². The minimum absolute atomic E-state index is 0.641. The summed E-state index contributed by atoms with van der Waals surface area (Å²) in [6.45, 7) is 0. The molecule has 0 heterocycles. The zero-order valence-corrected chi connectivity index (χ0v) is 7.41. The molecule has 0 atom stereocenters. The molecule has 0 N–H and O–H groups in total. The number of aldehydes is 1. The Balaban J connectivity index is 3.66. The highest BCUT2D eigenvalue weighted by molar-refractivity contribution is 9.09. The van der Waals surface area contributed by atoms with Crippen LogP contribution < -0.4 is 0 Å². The van der Waals surface area contributed by atoms with Gasteiger partial charge in [-0.15, -0.1) is 0 Å². The number of hydrogen-bond donors (Lipinski definition) is 0. The Morgan fingerprint density at radius 3 is 2.25 bits per heavy atom. The van der Waals surface area contributed by atoms with Gasteiger partial charge in [0.1, 0.15) is 6.29 Å². The molecule has 0 aromatic rings. The maximum atomic E-state index is 10.0. The smallest absolute Gasteiger partial charge is 0.146 e. The van der Waals surface area contributed by atoms with Gasteiger partial charge in [0, 0.05) is 10.7 Å². The van der Waals surface area contributed by atoms with Crippen molar-refractivity contribution in [2.75, 3.05) is 10.7 Å². The molecule has 0 aliphatic rings. The maximum absolute atomic E-state index is 10.0. The quantitative estimate of drug-likeness (QED) is 0.419. The van der Waals surface area contributed by atoms with Gasteiger partial charge in [0.2, 0.25) is 0 Å². The Morgan fingerprint density at radius 2 is 2.12 bits per heavy atom. The normalized spacial score (nSPS) is 11.5. The van der Waals surface area contributed by atoms with Crippen LogP contribution in [0.4, 0.5) is 0 Å². The number of allylic oxidation sites excluding steroid dienone is 2. The third kappa shape index (κ3) is 3.38. The third-order valence-corrected chi connectivity index (χ3v) is 1.62. The fourth-order valence-corrected chi connectivity index (χ4v) is 1.01. The molecule has 0 aliphatic heterocycles. The van der Waals surface area contributed by atoms with E-state index in [1.807, 2.05) is 6.08 Å². The van der Waals surface area contributed by atoms with E-state index in [0.717, 1.165) is 17.2 Å². The van der Waals surface area contributed by atoms with E-state index in [4.69, 9.17) is 0 Å². The van der Waals surface area contributed by atoms with Gasteiger partial charge in [-0.2, -0.15) is 0 Å². The van der Waals surface area contributed by atoms with Gasteiger partial charge in [-0.25, -0.2) is 0 Å². The van der Waals surface area contributed by atoms with Crippen LogP contribution in [0.5, 0.6) is 0 Å². The Bertz CT molecular complexity index is 98.6. The first-order valence-corrected chi connectivity index (χ1v) is 4.35. The van der Waals surface area contributed by atoms with E-state index < -0.39 is 0 Å². The number of alkyl halides is 2. The van der Waals surface area contributed by atoms with E-state index in [2.05, 4.69) is 31.9 Å². The largest absolute Gasteiger partial charge is 0.298 e. The zero-order valence-electron chi connectivity index (χ0n) is 4.23. The second-order valence-corrected chi connectivity index (χ2v) is 2.39. The van der Waals surface area contributed by atoms with Gasteiger partial charge in [0.05, 0.1) is 0 Å². The second-order valence-electron chi connectivity index (χ2n) is 1.18. The van der Waals surface area contributed by atoms with Crippen molar-refractivity contribution in [2.24, 2.45) is 0 Å². The summed E-state index contributed by atoms with van der Waals surface area (Å²) in [5, 5.41) is 1.38. The average molecular weight is 242 g/mol. The van der Waals surface area contributed by atoms with Gasteiger partial charge in [0.15, 0.2) is 0 Å². The van der Waals surface area contributed by atoms with Crippen LogP contribution in [0.1, 0.15) is 0 Å². The summed E-state index contributed by atoms with van der Waals surface area (Å²) in [7, 11) is 0. The highest BCUT2D eigenvalue weighted by atomic mass is 79.9. The molecular formula is C5H6Br2O. The first-order chi connectivity index (χ1) is 3.85. The topological polar surface area (TPSA) is 17.1 Å². The Hall–Kier alpha value is 0.370. The first kappa shape index (κ1) is 8.37. The molecule has 0 fully saturated rings. The molecule has 0 saturated carbocycles. The van der Waals surface area contributed by atoms with Crippen LogP contribution in [-0.4, -0.2) is 16.9 Å². The van der Waals surface area contributed by atoms with Gasteiger partial charge >= 0.3 is 0 Å². The van der Waals surface area contributed by atoms with Crippen LogP contribution in [0.2, 0.25) is 0 Å². The van der Waals surface area contributed by atoms with Crippen LogP contribution >= 0.6 is 31.9 Å². The van der Waals surface area contributed by atoms with Crippen molar-refractivity contribution in [3.05, 3.63) is 11.6 Å². The summed E-state index contributed by atoms with van der Waals surface area (Å²) < 4.78 is 0. The van der Waals surface area contributed by atoms with E-state index in [1.165, 1.54) is 0 Å². The Kier molecular flexibility index (Phi) is 5.76. The van der Waals surface area contributed by atoms with E-state index >= 15 is 0 Å². The lowest BCUT2D eigenvalue weighted by atomic mass is 10.3. The number of carbonyl (C=O) groups is 1. The summed E-state index contributed by atoms with van der Waals surface area (Å²) in [6.07, 6.45) is 2.66. The predicted octanol–water partition coefficient (Wildman–Crippen LogP) is 1.90.